The van der Waals surface area contributed by atoms with Crippen LogP contribution in [0.25, 0.3) is 11.1 Å². The maximum atomic E-state index is 14.4. The lowest BCUT2D eigenvalue weighted by Gasteiger charge is -2.25. The van der Waals surface area contributed by atoms with Crippen molar-refractivity contribution in [2.24, 2.45) is 5.92 Å². The Labute approximate surface area is 194 Å². The first kappa shape index (κ1) is 25.5. The molecule has 0 aliphatic carbocycles. The number of hydrogen-bond acceptors (Lipinski definition) is 5. The van der Waals surface area contributed by atoms with Gasteiger partial charge < -0.3 is 19.9 Å². The van der Waals surface area contributed by atoms with E-state index in [4.69, 9.17) is 19.4 Å². The van der Waals surface area contributed by atoms with Crippen LogP contribution in [0.15, 0.2) is 42.7 Å². The van der Waals surface area contributed by atoms with Crippen LogP contribution in [0.5, 0.6) is 11.5 Å². The number of anilines is 1. The van der Waals surface area contributed by atoms with Gasteiger partial charge in [-0.05, 0) is 42.3 Å². The van der Waals surface area contributed by atoms with Crippen LogP contribution in [0.4, 0.5) is 27.6 Å². The number of aromatic nitrogens is 2. The number of nitrogens with zero attached hydrogens (tertiary/aromatic N) is 1. The maximum absolute atomic E-state index is 14.4. The predicted octanol–water partition coefficient (Wildman–Crippen LogP) is 4.19. The summed E-state index contributed by atoms with van der Waals surface area (Å²) in [6.45, 7) is 0.184. The van der Waals surface area contributed by atoms with Crippen LogP contribution in [0, 0.1) is 17.6 Å². The number of carboxylic acids is 1. The fraction of sp³-hybridized carbons (Fsp3) is 0.227. The second-order valence-corrected chi connectivity index (χ2v) is 7.28. The molecule has 2 heterocycles. The fourth-order valence-corrected chi connectivity index (χ4v) is 3.22. The number of carbonyl (C=O) groups is 2. The predicted molar refractivity (Wildman–Crippen MR) is 112 cm³/mol. The number of fused-ring (bicyclic) bond motifs is 1. The average molecular weight is 499 g/mol. The first-order valence-corrected chi connectivity index (χ1v) is 9.88. The number of H-pyrrole nitrogens is 1. The molecule has 0 saturated heterocycles. The molecule has 13 heteroatoms. The number of aromatic amines is 1. The summed E-state index contributed by atoms with van der Waals surface area (Å²) in [5.41, 5.74) is 0.981. The van der Waals surface area contributed by atoms with E-state index in [9.17, 15) is 26.7 Å². The zero-order valence-electron chi connectivity index (χ0n) is 18.0. The van der Waals surface area contributed by atoms with E-state index in [1.54, 1.807) is 19.2 Å². The molecule has 0 radical (unpaired) electrons. The smallest absolute Gasteiger partial charge is 0.490 e. The highest BCUT2D eigenvalue weighted by Gasteiger charge is 2.38. The number of halogens is 5. The summed E-state index contributed by atoms with van der Waals surface area (Å²) < 4.78 is 71.3. The number of aliphatic carboxylic acids is 1. The highest BCUT2D eigenvalue weighted by Crippen LogP contribution is 2.32. The Kier molecular flexibility index (Phi) is 7.57. The Bertz CT molecular complexity index is 1190. The van der Waals surface area contributed by atoms with Crippen molar-refractivity contribution < 1.29 is 46.1 Å². The van der Waals surface area contributed by atoms with Gasteiger partial charge in [-0.15, -0.1) is 0 Å². The molecule has 0 spiro atoms. The molecule has 8 nitrogen and oxygen atoms in total. The third kappa shape index (κ3) is 6.25. The van der Waals surface area contributed by atoms with E-state index in [0.29, 0.717) is 23.5 Å². The minimum absolute atomic E-state index is 0.0451. The summed E-state index contributed by atoms with van der Waals surface area (Å²) in [6, 6.07) is 7.57. The van der Waals surface area contributed by atoms with Gasteiger partial charge in [-0.1, -0.05) is 0 Å². The lowest BCUT2D eigenvalue weighted by Crippen LogP contribution is -2.32. The Hall–Kier alpha value is -4.16. The standard InChI is InChI=1S/C20H17F2N3O3.C2HF3O2/c1-27-15-2-3-18-11(5-15)4-12(10-28-18)20(26)25-14-6-16(21)19(17(22)7-14)13-8-23-24-9-13;3-2(4,5)1(6)7/h2-3,5-9,12H,4,10H2,1H3,(H,23,24)(H,25,26);(H,6,7). The summed E-state index contributed by atoms with van der Waals surface area (Å²) in [5.74, 6) is -3.82. The minimum atomic E-state index is -5.08. The molecule has 3 N–H and O–H groups in total. The lowest BCUT2D eigenvalue weighted by molar-refractivity contribution is -0.192. The first-order chi connectivity index (χ1) is 16.5. The molecule has 0 fully saturated rings. The van der Waals surface area contributed by atoms with Gasteiger partial charge in [0.15, 0.2) is 0 Å². The molecule has 0 bridgehead atoms. The van der Waals surface area contributed by atoms with Crippen LogP contribution in [0.3, 0.4) is 0 Å². The van der Waals surface area contributed by atoms with Crippen LogP contribution in [0.2, 0.25) is 0 Å². The van der Waals surface area contributed by atoms with Gasteiger partial charge in [0.2, 0.25) is 5.91 Å². The Morgan fingerprint density at radius 2 is 1.86 bits per heavy atom. The van der Waals surface area contributed by atoms with E-state index in [2.05, 4.69) is 15.5 Å². The molecule has 0 saturated carbocycles. The number of carbonyl (C=O) groups excluding carboxylic acids is 1. The molecule has 1 atom stereocenters. The molecule has 35 heavy (non-hydrogen) atoms. The number of carboxylic acid groups (broad SMARTS) is 1. The van der Waals surface area contributed by atoms with Gasteiger partial charge in [0.25, 0.3) is 0 Å². The largest absolute Gasteiger partial charge is 0.497 e. The van der Waals surface area contributed by atoms with Gasteiger partial charge in [0.05, 0.1) is 24.8 Å². The molecule has 1 aliphatic heterocycles. The van der Waals surface area contributed by atoms with E-state index in [1.165, 1.54) is 12.4 Å². The van der Waals surface area contributed by atoms with Crippen molar-refractivity contribution in [3.63, 3.8) is 0 Å². The number of ether oxygens (including phenoxy) is 2. The van der Waals surface area contributed by atoms with E-state index >= 15 is 0 Å². The number of benzene rings is 2. The molecule has 4 rings (SSSR count). The Morgan fingerprint density at radius 1 is 1.20 bits per heavy atom. The van der Waals surface area contributed by atoms with Crippen molar-refractivity contribution in [2.75, 3.05) is 19.0 Å². The number of rotatable bonds is 4. The van der Waals surface area contributed by atoms with Crippen molar-refractivity contribution in [3.05, 3.63) is 59.9 Å². The SMILES string of the molecule is COc1ccc2c(c1)CC(C(=O)Nc1cc(F)c(-c3cn[nH]c3)c(F)c1)CO2.O=C(O)C(F)(F)F. The van der Waals surface area contributed by atoms with Gasteiger partial charge in [-0.2, -0.15) is 18.3 Å². The third-order valence-electron chi connectivity index (χ3n) is 4.88. The number of alkyl halides is 3. The van der Waals surface area contributed by atoms with Crippen molar-refractivity contribution in [3.8, 4) is 22.6 Å². The summed E-state index contributed by atoms with van der Waals surface area (Å²) in [5, 5.41) is 15.9. The molecular weight excluding hydrogens is 481 g/mol. The van der Waals surface area contributed by atoms with Crippen molar-refractivity contribution >= 4 is 17.6 Å². The third-order valence-corrected chi connectivity index (χ3v) is 4.88. The van der Waals surface area contributed by atoms with Gasteiger partial charge >= 0.3 is 12.1 Å². The molecule has 3 aromatic rings. The normalized spacial score (nSPS) is 14.6. The van der Waals surface area contributed by atoms with E-state index in [-0.39, 0.29) is 23.8 Å². The summed E-state index contributed by atoms with van der Waals surface area (Å²) in [6.07, 6.45) is -1.92. The quantitative estimate of drug-likeness (QED) is 0.464. The number of nitrogens with one attached hydrogen (secondary N) is 2. The topological polar surface area (TPSA) is 114 Å². The highest BCUT2D eigenvalue weighted by atomic mass is 19.4. The molecule has 1 aliphatic rings. The van der Waals surface area contributed by atoms with E-state index in [1.807, 2.05) is 6.07 Å². The van der Waals surface area contributed by atoms with Crippen LogP contribution in [0.1, 0.15) is 5.56 Å². The maximum Gasteiger partial charge on any atom is 0.490 e. The fourth-order valence-electron chi connectivity index (χ4n) is 3.22. The number of hydrogen-bond donors (Lipinski definition) is 3. The molecular formula is C22H18F5N3O5. The van der Waals surface area contributed by atoms with E-state index in [0.717, 1.165) is 17.7 Å². The van der Waals surface area contributed by atoms with Crippen LogP contribution in [-0.2, 0) is 16.0 Å². The van der Waals surface area contributed by atoms with Crippen LogP contribution >= 0.6 is 0 Å². The molecule has 2 aromatic carbocycles. The molecule has 186 valence electrons. The Morgan fingerprint density at radius 3 is 2.40 bits per heavy atom. The van der Waals surface area contributed by atoms with Gasteiger partial charge in [-0.3, -0.25) is 9.89 Å². The van der Waals surface area contributed by atoms with Crippen molar-refractivity contribution in [1.82, 2.24) is 10.2 Å². The minimum Gasteiger partial charge on any atom is -0.497 e. The second-order valence-electron chi connectivity index (χ2n) is 7.28. The Balaban J connectivity index is 0.000000429. The lowest BCUT2D eigenvalue weighted by atomic mass is 9.95. The zero-order valence-corrected chi connectivity index (χ0v) is 18.0. The average Bonchev–Trinajstić information content (AvgIpc) is 3.32. The van der Waals surface area contributed by atoms with Crippen molar-refractivity contribution in [1.29, 1.82) is 0 Å². The van der Waals surface area contributed by atoms with Crippen LogP contribution < -0.4 is 14.8 Å². The van der Waals surface area contributed by atoms with Gasteiger partial charge in [0, 0.05) is 17.4 Å². The van der Waals surface area contributed by atoms with Gasteiger partial charge in [-0.25, -0.2) is 13.6 Å². The van der Waals surface area contributed by atoms with Crippen molar-refractivity contribution in [2.45, 2.75) is 12.6 Å². The second kappa shape index (κ2) is 10.4. The van der Waals surface area contributed by atoms with E-state index < -0.39 is 29.7 Å². The number of methoxy groups -OCH3 is 1. The molecule has 1 aromatic heterocycles. The summed E-state index contributed by atoms with van der Waals surface area (Å²) >= 11 is 0. The highest BCUT2D eigenvalue weighted by molar-refractivity contribution is 5.93. The zero-order chi connectivity index (χ0) is 25.8. The first-order valence-electron chi connectivity index (χ1n) is 9.88. The van der Waals surface area contributed by atoms with Gasteiger partial charge in [0.1, 0.15) is 29.7 Å². The summed E-state index contributed by atoms with van der Waals surface area (Å²) in [4.78, 5) is 21.5. The monoisotopic (exact) mass is 499 g/mol. The molecule has 1 amide bonds. The molecule has 1 unspecified atom stereocenters. The number of amides is 1. The summed E-state index contributed by atoms with van der Waals surface area (Å²) in [7, 11) is 1.56. The van der Waals surface area contributed by atoms with Crippen LogP contribution in [-0.4, -0.2) is 47.1 Å².